The van der Waals surface area contributed by atoms with Crippen molar-refractivity contribution in [3.63, 3.8) is 0 Å². The van der Waals surface area contributed by atoms with Gasteiger partial charge in [-0.1, -0.05) is 46.2 Å². The molecule has 0 aliphatic carbocycles. The van der Waals surface area contributed by atoms with Crippen LogP contribution in [0.15, 0.2) is 29.3 Å². The van der Waals surface area contributed by atoms with Crippen LogP contribution in [0.1, 0.15) is 39.7 Å². The first-order valence-electron chi connectivity index (χ1n) is 5.87. The highest BCUT2D eigenvalue weighted by atomic mass is 14.9. The summed E-state index contributed by atoms with van der Waals surface area (Å²) < 4.78 is 0. The molecule has 0 amide bonds. The Morgan fingerprint density at radius 2 is 1.75 bits per heavy atom. The summed E-state index contributed by atoms with van der Waals surface area (Å²) in [5, 5.41) is 0. The van der Waals surface area contributed by atoms with E-state index in [0.29, 0.717) is 5.84 Å². The molecule has 0 radical (unpaired) electrons. The molecule has 2 nitrogen and oxygen atoms in total. The zero-order valence-electron chi connectivity index (χ0n) is 10.7. The van der Waals surface area contributed by atoms with Gasteiger partial charge >= 0.3 is 0 Å². The van der Waals surface area contributed by atoms with E-state index in [1.165, 1.54) is 12.0 Å². The van der Waals surface area contributed by atoms with Crippen molar-refractivity contribution in [3.8, 4) is 0 Å². The third-order valence-corrected chi connectivity index (χ3v) is 2.49. The summed E-state index contributed by atoms with van der Waals surface area (Å²) in [6.45, 7) is 8.38. The molecule has 1 aromatic rings. The summed E-state index contributed by atoms with van der Waals surface area (Å²) in [6, 6.07) is 8.31. The lowest BCUT2D eigenvalue weighted by atomic mass is 9.95. The van der Waals surface area contributed by atoms with E-state index >= 15 is 0 Å². The van der Waals surface area contributed by atoms with Crippen LogP contribution >= 0.6 is 0 Å². The minimum Gasteiger partial charge on any atom is -0.387 e. The van der Waals surface area contributed by atoms with E-state index in [2.05, 4.69) is 44.8 Å². The molecule has 0 aromatic heterocycles. The summed E-state index contributed by atoms with van der Waals surface area (Å²) in [5.41, 5.74) is 8.16. The molecule has 2 heteroatoms. The van der Waals surface area contributed by atoms with Crippen LogP contribution in [0.2, 0.25) is 0 Å². The van der Waals surface area contributed by atoms with E-state index in [-0.39, 0.29) is 5.41 Å². The van der Waals surface area contributed by atoms with E-state index in [4.69, 9.17) is 5.73 Å². The van der Waals surface area contributed by atoms with Crippen molar-refractivity contribution in [1.29, 1.82) is 0 Å². The molecular formula is C14H22N2. The molecule has 0 saturated carbocycles. The summed E-state index contributed by atoms with van der Waals surface area (Å²) >= 11 is 0. The third-order valence-electron chi connectivity index (χ3n) is 2.49. The number of hydrogen-bond acceptors (Lipinski definition) is 1. The molecular weight excluding hydrogens is 196 g/mol. The van der Waals surface area contributed by atoms with Gasteiger partial charge in [0.2, 0.25) is 0 Å². The lowest BCUT2D eigenvalue weighted by Gasteiger charge is -2.17. The van der Waals surface area contributed by atoms with Gasteiger partial charge in [-0.15, -0.1) is 0 Å². The van der Waals surface area contributed by atoms with Gasteiger partial charge in [0.15, 0.2) is 0 Å². The van der Waals surface area contributed by atoms with Crippen molar-refractivity contribution in [1.82, 2.24) is 0 Å². The molecule has 0 aliphatic rings. The second kappa shape index (κ2) is 5.15. The fourth-order valence-corrected chi connectivity index (χ4v) is 1.33. The number of aryl methyl sites for hydroxylation is 1. The molecule has 0 aliphatic heterocycles. The number of nitrogens with zero attached hydrogens (tertiary/aromatic N) is 1. The first kappa shape index (κ1) is 12.8. The monoisotopic (exact) mass is 218 g/mol. The Morgan fingerprint density at radius 1 is 1.19 bits per heavy atom. The van der Waals surface area contributed by atoms with E-state index in [0.717, 1.165) is 12.1 Å². The van der Waals surface area contributed by atoms with Crippen molar-refractivity contribution in [2.45, 2.75) is 40.5 Å². The van der Waals surface area contributed by atoms with E-state index in [1.54, 1.807) is 0 Å². The van der Waals surface area contributed by atoms with E-state index in [9.17, 15) is 0 Å². The van der Waals surface area contributed by atoms with Crippen molar-refractivity contribution in [3.05, 3.63) is 29.8 Å². The minimum atomic E-state index is -0.0674. The molecule has 0 saturated heterocycles. The van der Waals surface area contributed by atoms with Crippen LogP contribution in [0.4, 0.5) is 5.69 Å². The highest BCUT2D eigenvalue weighted by molar-refractivity contribution is 5.87. The first-order valence-corrected chi connectivity index (χ1v) is 5.87. The molecule has 0 unspecified atom stereocenters. The van der Waals surface area contributed by atoms with Crippen molar-refractivity contribution in [2.24, 2.45) is 16.1 Å². The molecule has 0 fully saturated rings. The molecule has 88 valence electrons. The largest absolute Gasteiger partial charge is 0.387 e. The predicted octanol–water partition coefficient (Wildman–Crippen LogP) is 3.67. The second-order valence-corrected chi connectivity index (χ2v) is 5.16. The zero-order valence-corrected chi connectivity index (χ0v) is 10.7. The highest BCUT2D eigenvalue weighted by Gasteiger charge is 2.15. The zero-order chi connectivity index (χ0) is 12.2. The summed E-state index contributed by atoms with van der Waals surface area (Å²) in [5.74, 6) is 0.677. The fourth-order valence-electron chi connectivity index (χ4n) is 1.33. The predicted molar refractivity (Wildman–Crippen MR) is 71.2 cm³/mol. The third kappa shape index (κ3) is 3.69. The summed E-state index contributed by atoms with van der Waals surface area (Å²) in [4.78, 5) is 4.43. The van der Waals surface area contributed by atoms with Gasteiger partial charge in [-0.25, -0.2) is 4.99 Å². The maximum absolute atomic E-state index is 5.93. The summed E-state index contributed by atoms with van der Waals surface area (Å²) in [6.07, 6.45) is 2.30. The van der Waals surface area contributed by atoms with Gasteiger partial charge in [0, 0.05) is 5.41 Å². The van der Waals surface area contributed by atoms with Crippen LogP contribution in [-0.4, -0.2) is 5.84 Å². The number of rotatable bonds is 3. The quantitative estimate of drug-likeness (QED) is 0.610. The average Bonchev–Trinajstić information content (AvgIpc) is 2.20. The average molecular weight is 218 g/mol. The fraction of sp³-hybridized carbons (Fsp3) is 0.500. The van der Waals surface area contributed by atoms with Gasteiger partial charge in [0.1, 0.15) is 5.84 Å². The van der Waals surface area contributed by atoms with Crippen LogP contribution in [0.3, 0.4) is 0 Å². The number of nitrogens with two attached hydrogens (primary N) is 1. The Hall–Kier alpha value is -1.31. The van der Waals surface area contributed by atoms with Gasteiger partial charge in [0.05, 0.1) is 5.69 Å². The maximum Gasteiger partial charge on any atom is 0.105 e. The van der Waals surface area contributed by atoms with Gasteiger partial charge < -0.3 is 5.73 Å². The smallest absolute Gasteiger partial charge is 0.105 e. The standard InChI is InChI=1S/C14H22N2/c1-5-6-11-7-9-12(10-8-11)16-13(15)14(2,3)4/h7-10H,5-6H2,1-4H3,(H2,15,16). The Balaban J connectivity index is 2.83. The number of amidine groups is 1. The van der Waals surface area contributed by atoms with Crippen LogP contribution in [0.5, 0.6) is 0 Å². The molecule has 2 N–H and O–H groups in total. The van der Waals surface area contributed by atoms with Crippen LogP contribution < -0.4 is 5.73 Å². The van der Waals surface area contributed by atoms with Crippen molar-refractivity contribution >= 4 is 11.5 Å². The SMILES string of the molecule is CCCc1ccc(N=C(N)C(C)(C)C)cc1. The van der Waals surface area contributed by atoms with E-state index < -0.39 is 0 Å². The Morgan fingerprint density at radius 3 is 2.19 bits per heavy atom. The topological polar surface area (TPSA) is 38.4 Å². The van der Waals surface area contributed by atoms with Crippen LogP contribution in [-0.2, 0) is 6.42 Å². The molecule has 16 heavy (non-hydrogen) atoms. The Kier molecular flexibility index (Phi) is 4.11. The number of benzene rings is 1. The van der Waals surface area contributed by atoms with Gasteiger partial charge in [0.25, 0.3) is 0 Å². The number of hydrogen-bond donors (Lipinski definition) is 1. The van der Waals surface area contributed by atoms with Crippen molar-refractivity contribution in [2.75, 3.05) is 0 Å². The normalized spacial score (nSPS) is 12.9. The van der Waals surface area contributed by atoms with E-state index in [1.807, 2.05) is 12.1 Å². The Bertz CT molecular complexity index is 355. The summed E-state index contributed by atoms with van der Waals surface area (Å²) in [7, 11) is 0. The second-order valence-electron chi connectivity index (χ2n) is 5.16. The molecule has 0 spiro atoms. The lowest BCUT2D eigenvalue weighted by molar-refractivity contribution is 0.585. The van der Waals surface area contributed by atoms with Gasteiger partial charge in [-0.3, -0.25) is 0 Å². The maximum atomic E-state index is 5.93. The molecule has 1 rings (SSSR count). The lowest BCUT2D eigenvalue weighted by Crippen LogP contribution is -2.28. The van der Waals surface area contributed by atoms with Gasteiger partial charge in [-0.2, -0.15) is 0 Å². The van der Waals surface area contributed by atoms with Crippen LogP contribution in [0, 0.1) is 5.41 Å². The van der Waals surface area contributed by atoms with Gasteiger partial charge in [-0.05, 0) is 24.1 Å². The minimum absolute atomic E-state index is 0.0674. The Labute approximate surface area is 98.6 Å². The molecule has 1 aromatic carbocycles. The highest BCUT2D eigenvalue weighted by Crippen LogP contribution is 2.19. The molecule has 0 bridgehead atoms. The molecule has 0 heterocycles. The van der Waals surface area contributed by atoms with Crippen LogP contribution in [0.25, 0.3) is 0 Å². The first-order chi connectivity index (χ1) is 7.43. The number of aliphatic imine (C=N–C) groups is 1. The molecule has 0 atom stereocenters. The van der Waals surface area contributed by atoms with Crippen molar-refractivity contribution < 1.29 is 0 Å².